The third-order valence-electron chi connectivity index (χ3n) is 4.14. The Labute approximate surface area is 143 Å². The third-order valence-corrected chi connectivity index (χ3v) is 5.15. The summed E-state index contributed by atoms with van der Waals surface area (Å²) in [5.74, 6) is 0.780. The SMILES string of the molecule is Cc1ccsc1CN(Cc1cccnc1)CC1CCNC1.Cl. The molecule has 1 fully saturated rings. The van der Waals surface area contributed by atoms with E-state index in [1.807, 2.05) is 29.8 Å². The van der Waals surface area contributed by atoms with Crippen LogP contribution in [0, 0.1) is 12.8 Å². The molecule has 3 rings (SSSR count). The van der Waals surface area contributed by atoms with Crippen LogP contribution in [0.3, 0.4) is 0 Å². The number of thiophene rings is 1. The Kier molecular flexibility index (Phi) is 6.83. The molecule has 0 saturated carbocycles. The Morgan fingerprint density at radius 3 is 2.91 bits per heavy atom. The summed E-state index contributed by atoms with van der Waals surface area (Å²) >= 11 is 1.87. The average molecular weight is 338 g/mol. The minimum Gasteiger partial charge on any atom is -0.316 e. The summed E-state index contributed by atoms with van der Waals surface area (Å²) in [7, 11) is 0. The van der Waals surface area contributed by atoms with Gasteiger partial charge in [0.15, 0.2) is 0 Å². The Balaban J connectivity index is 0.00000176. The van der Waals surface area contributed by atoms with Crippen LogP contribution in [0.25, 0.3) is 0 Å². The number of pyridine rings is 1. The lowest BCUT2D eigenvalue weighted by atomic mass is 10.1. The molecule has 3 heterocycles. The highest BCUT2D eigenvalue weighted by Gasteiger charge is 2.19. The quantitative estimate of drug-likeness (QED) is 0.874. The van der Waals surface area contributed by atoms with Gasteiger partial charge in [-0.05, 0) is 61.0 Å². The lowest BCUT2D eigenvalue weighted by molar-refractivity contribution is 0.222. The van der Waals surface area contributed by atoms with Gasteiger partial charge in [0, 0.05) is 36.9 Å². The van der Waals surface area contributed by atoms with E-state index in [9.17, 15) is 0 Å². The zero-order chi connectivity index (χ0) is 14.5. The molecule has 0 bridgehead atoms. The molecule has 1 N–H and O–H groups in total. The van der Waals surface area contributed by atoms with E-state index in [0.29, 0.717) is 0 Å². The van der Waals surface area contributed by atoms with Gasteiger partial charge < -0.3 is 5.32 Å². The fraction of sp³-hybridized carbons (Fsp3) is 0.471. The Bertz CT molecular complexity index is 552. The first kappa shape index (κ1) is 17.4. The number of aromatic nitrogens is 1. The van der Waals surface area contributed by atoms with Gasteiger partial charge in [-0.3, -0.25) is 9.88 Å². The lowest BCUT2D eigenvalue weighted by Crippen LogP contribution is -2.30. The maximum Gasteiger partial charge on any atom is 0.0334 e. The minimum atomic E-state index is 0. The van der Waals surface area contributed by atoms with Crippen LogP contribution in [0.1, 0.15) is 22.4 Å². The topological polar surface area (TPSA) is 28.2 Å². The van der Waals surface area contributed by atoms with Gasteiger partial charge in [0.2, 0.25) is 0 Å². The first-order valence-corrected chi connectivity index (χ1v) is 8.54. The van der Waals surface area contributed by atoms with Gasteiger partial charge in [0.25, 0.3) is 0 Å². The van der Waals surface area contributed by atoms with E-state index >= 15 is 0 Å². The highest BCUT2D eigenvalue weighted by atomic mass is 35.5. The van der Waals surface area contributed by atoms with Gasteiger partial charge in [-0.25, -0.2) is 0 Å². The van der Waals surface area contributed by atoms with Crippen molar-refractivity contribution in [2.24, 2.45) is 5.92 Å². The van der Waals surface area contributed by atoms with Crippen molar-refractivity contribution < 1.29 is 0 Å². The standard InChI is InChI=1S/C17H23N3S.ClH/c1-14-5-8-21-17(14)13-20(12-16-4-7-19-10-16)11-15-3-2-6-18-9-15;/h2-3,5-6,8-9,16,19H,4,7,10-13H2,1H3;1H. The van der Waals surface area contributed by atoms with Crippen LogP contribution in [-0.4, -0.2) is 29.5 Å². The van der Waals surface area contributed by atoms with Crippen molar-refractivity contribution in [1.29, 1.82) is 0 Å². The van der Waals surface area contributed by atoms with Crippen molar-refractivity contribution in [3.05, 3.63) is 52.0 Å². The van der Waals surface area contributed by atoms with Crippen LogP contribution >= 0.6 is 23.7 Å². The van der Waals surface area contributed by atoms with Crippen molar-refractivity contribution in [2.45, 2.75) is 26.4 Å². The van der Waals surface area contributed by atoms with Gasteiger partial charge >= 0.3 is 0 Å². The van der Waals surface area contributed by atoms with Gasteiger partial charge in [0.05, 0.1) is 0 Å². The van der Waals surface area contributed by atoms with E-state index in [0.717, 1.165) is 25.6 Å². The van der Waals surface area contributed by atoms with Gasteiger partial charge in [-0.2, -0.15) is 0 Å². The lowest BCUT2D eigenvalue weighted by Gasteiger charge is -2.25. The van der Waals surface area contributed by atoms with Crippen molar-refractivity contribution in [3.8, 4) is 0 Å². The molecular formula is C17H24ClN3S. The van der Waals surface area contributed by atoms with Gasteiger partial charge in [-0.1, -0.05) is 6.07 Å². The molecule has 0 aliphatic carbocycles. The van der Waals surface area contributed by atoms with Crippen LogP contribution in [0.5, 0.6) is 0 Å². The third kappa shape index (κ3) is 4.78. The maximum absolute atomic E-state index is 4.25. The molecule has 5 heteroatoms. The minimum absolute atomic E-state index is 0. The summed E-state index contributed by atoms with van der Waals surface area (Å²) < 4.78 is 0. The maximum atomic E-state index is 4.25. The number of nitrogens with one attached hydrogen (secondary N) is 1. The summed E-state index contributed by atoms with van der Waals surface area (Å²) in [6.07, 6.45) is 5.13. The van der Waals surface area contributed by atoms with Gasteiger partial charge in [0.1, 0.15) is 0 Å². The normalized spacial score (nSPS) is 17.6. The highest BCUT2D eigenvalue weighted by molar-refractivity contribution is 7.10. The monoisotopic (exact) mass is 337 g/mol. The molecule has 2 aromatic heterocycles. The predicted molar refractivity (Wildman–Crippen MR) is 95.6 cm³/mol. The fourth-order valence-corrected chi connectivity index (χ4v) is 3.89. The van der Waals surface area contributed by atoms with Crippen LogP contribution < -0.4 is 5.32 Å². The second-order valence-electron chi connectivity index (χ2n) is 5.92. The van der Waals surface area contributed by atoms with Crippen molar-refractivity contribution in [2.75, 3.05) is 19.6 Å². The van der Waals surface area contributed by atoms with Crippen LogP contribution in [0.2, 0.25) is 0 Å². The van der Waals surface area contributed by atoms with E-state index in [4.69, 9.17) is 0 Å². The summed E-state index contributed by atoms with van der Waals surface area (Å²) in [5.41, 5.74) is 2.72. The molecule has 2 aromatic rings. The molecule has 1 aliphatic rings. The predicted octanol–water partition coefficient (Wildman–Crippen LogP) is 3.49. The Morgan fingerprint density at radius 2 is 2.27 bits per heavy atom. The molecule has 1 unspecified atom stereocenters. The van der Waals surface area contributed by atoms with Crippen LogP contribution in [0.4, 0.5) is 0 Å². The molecule has 120 valence electrons. The Morgan fingerprint density at radius 1 is 1.36 bits per heavy atom. The number of hydrogen-bond acceptors (Lipinski definition) is 4. The average Bonchev–Trinajstić information content (AvgIpc) is 3.13. The number of aryl methyl sites for hydroxylation is 1. The van der Waals surface area contributed by atoms with Crippen LogP contribution in [-0.2, 0) is 13.1 Å². The molecule has 22 heavy (non-hydrogen) atoms. The molecule has 0 amide bonds. The van der Waals surface area contributed by atoms with E-state index in [1.54, 1.807) is 0 Å². The molecule has 1 aliphatic heterocycles. The van der Waals surface area contributed by atoms with E-state index in [1.165, 1.54) is 35.5 Å². The largest absolute Gasteiger partial charge is 0.316 e. The second-order valence-corrected chi connectivity index (χ2v) is 6.92. The first-order chi connectivity index (χ1) is 10.3. The Hall–Kier alpha value is -0.940. The number of rotatable bonds is 6. The zero-order valence-corrected chi connectivity index (χ0v) is 14.6. The van der Waals surface area contributed by atoms with Crippen molar-refractivity contribution >= 4 is 23.7 Å². The number of halogens is 1. The van der Waals surface area contributed by atoms with E-state index in [2.05, 4.69) is 39.6 Å². The summed E-state index contributed by atoms with van der Waals surface area (Å²) in [6.45, 7) is 7.75. The van der Waals surface area contributed by atoms with Crippen LogP contribution in [0.15, 0.2) is 36.0 Å². The van der Waals surface area contributed by atoms with Crippen molar-refractivity contribution in [3.63, 3.8) is 0 Å². The molecule has 0 radical (unpaired) electrons. The smallest absolute Gasteiger partial charge is 0.0334 e. The molecular weight excluding hydrogens is 314 g/mol. The molecule has 1 saturated heterocycles. The number of nitrogens with zero attached hydrogens (tertiary/aromatic N) is 2. The molecule has 0 spiro atoms. The van der Waals surface area contributed by atoms with Gasteiger partial charge in [-0.15, -0.1) is 23.7 Å². The molecule has 0 aromatic carbocycles. The number of hydrogen-bond donors (Lipinski definition) is 1. The van der Waals surface area contributed by atoms with E-state index < -0.39 is 0 Å². The summed E-state index contributed by atoms with van der Waals surface area (Å²) in [5, 5.41) is 5.67. The van der Waals surface area contributed by atoms with Crippen molar-refractivity contribution in [1.82, 2.24) is 15.2 Å². The highest BCUT2D eigenvalue weighted by Crippen LogP contribution is 2.21. The molecule has 1 atom stereocenters. The molecule has 3 nitrogen and oxygen atoms in total. The van der Waals surface area contributed by atoms with E-state index in [-0.39, 0.29) is 12.4 Å². The second kappa shape index (κ2) is 8.63. The summed E-state index contributed by atoms with van der Waals surface area (Å²) in [4.78, 5) is 8.32. The zero-order valence-electron chi connectivity index (χ0n) is 13.0. The summed E-state index contributed by atoms with van der Waals surface area (Å²) in [6, 6.07) is 6.43. The fourth-order valence-electron chi connectivity index (χ4n) is 2.94. The first-order valence-electron chi connectivity index (χ1n) is 7.66.